The molecular weight excluding hydrogens is 530 g/mol. The van der Waals surface area contributed by atoms with Gasteiger partial charge in [0.1, 0.15) is 0 Å². The maximum absolute atomic E-state index is 14.1. The summed E-state index contributed by atoms with van der Waals surface area (Å²) in [7, 11) is 0. The lowest BCUT2D eigenvalue weighted by molar-refractivity contribution is -0.0358. The highest BCUT2D eigenvalue weighted by molar-refractivity contribution is 6.30. The SMILES string of the molecule is CCn1c(=O)c(C(c2ccc(Cl)cc2)C2(O)CCN(Cc3ccccc3)CC2)cc2cc(-c3cccnc3)ccc21. The largest absolute Gasteiger partial charge is 0.389 e. The van der Waals surface area contributed by atoms with Crippen molar-refractivity contribution < 1.29 is 5.11 Å². The van der Waals surface area contributed by atoms with Gasteiger partial charge in [-0.25, -0.2) is 0 Å². The van der Waals surface area contributed by atoms with Gasteiger partial charge in [0.25, 0.3) is 5.56 Å². The molecule has 5 nitrogen and oxygen atoms in total. The van der Waals surface area contributed by atoms with Gasteiger partial charge in [0.05, 0.1) is 11.1 Å². The normalized spacial score (nSPS) is 16.1. The van der Waals surface area contributed by atoms with Gasteiger partial charge in [-0.1, -0.05) is 66.2 Å². The third kappa shape index (κ3) is 5.58. The molecule has 5 aromatic rings. The number of halogens is 1. The van der Waals surface area contributed by atoms with Gasteiger partial charge in [0, 0.05) is 60.6 Å². The minimum Gasteiger partial charge on any atom is -0.389 e. The monoisotopic (exact) mass is 563 g/mol. The minimum absolute atomic E-state index is 0.0609. The molecule has 1 unspecified atom stereocenters. The number of aryl methyl sites for hydroxylation is 1. The number of aromatic nitrogens is 2. The van der Waals surface area contributed by atoms with Crippen LogP contribution in [0.25, 0.3) is 22.0 Å². The second-order valence-corrected chi connectivity index (χ2v) is 11.5. The number of hydrogen-bond donors (Lipinski definition) is 1. The highest BCUT2D eigenvalue weighted by Crippen LogP contribution is 2.42. The molecule has 2 aromatic heterocycles. The van der Waals surface area contributed by atoms with Crippen LogP contribution in [-0.2, 0) is 13.1 Å². The van der Waals surface area contributed by atoms with Crippen LogP contribution in [0.2, 0.25) is 5.02 Å². The number of likely N-dealkylation sites (tertiary alicyclic amines) is 1. The minimum atomic E-state index is -1.08. The first-order valence-electron chi connectivity index (χ1n) is 14.3. The van der Waals surface area contributed by atoms with Crippen molar-refractivity contribution in [1.29, 1.82) is 0 Å². The van der Waals surface area contributed by atoms with E-state index in [2.05, 4.69) is 40.2 Å². The standard InChI is InChI=1S/C35H34ClN3O2/c1-2-39-32-15-12-27(28-9-6-18-37-23-28)21-29(32)22-31(34(39)40)33(26-10-13-30(36)14-11-26)35(41)16-19-38(20-17-35)24-25-7-4-3-5-8-25/h3-15,18,21-23,33,41H,2,16-17,19-20,24H2,1H3. The van der Waals surface area contributed by atoms with Crippen molar-refractivity contribution in [3.8, 4) is 11.1 Å². The van der Waals surface area contributed by atoms with Crippen molar-refractivity contribution in [3.05, 3.63) is 135 Å². The molecule has 208 valence electrons. The maximum Gasteiger partial charge on any atom is 0.254 e. The molecule has 1 aliphatic heterocycles. The van der Waals surface area contributed by atoms with Crippen LogP contribution >= 0.6 is 11.6 Å². The Bertz CT molecular complexity index is 1690. The van der Waals surface area contributed by atoms with Crippen molar-refractivity contribution in [2.24, 2.45) is 0 Å². The third-order valence-corrected chi connectivity index (χ3v) is 8.71. The zero-order valence-electron chi connectivity index (χ0n) is 23.2. The number of pyridine rings is 2. The smallest absolute Gasteiger partial charge is 0.254 e. The van der Waals surface area contributed by atoms with Crippen LogP contribution in [0.4, 0.5) is 0 Å². The number of fused-ring (bicyclic) bond motifs is 1. The molecule has 3 aromatic carbocycles. The van der Waals surface area contributed by atoms with E-state index in [1.165, 1.54) is 5.56 Å². The van der Waals surface area contributed by atoms with Gasteiger partial charge in [0.2, 0.25) is 0 Å². The molecule has 1 N–H and O–H groups in total. The summed E-state index contributed by atoms with van der Waals surface area (Å²) in [6, 6.07) is 30.1. The summed E-state index contributed by atoms with van der Waals surface area (Å²) in [5.41, 5.74) is 4.57. The molecule has 6 heteroatoms. The van der Waals surface area contributed by atoms with Gasteiger partial charge in [0.15, 0.2) is 0 Å². The average Bonchev–Trinajstić information content (AvgIpc) is 3.00. The highest BCUT2D eigenvalue weighted by atomic mass is 35.5. The molecule has 1 atom stereocenters. The number of rotatable bonds is 7. The summed E-state index contributed by atoms with van der Waals surface area (Å²) in [6.45, 7) is 4.87. The number of benzene rings is 3. The van der Waals surface area contributed by atoms with Crippen LogP contribution in [0.15, 0.2) is 108 Å². The van der Waals surface area contributed by atoms with Crippen LogP contribution in [-0.4, -0.2) is 38.2 Å². The first-order valence-corrected chi connectivity index (χ1v) is 14.6. The maximum atomic E-state index is 14.1. The molecule has 41 heavy (non-hydrogen) atoms. The zero-order valence-corrected chi connectivity index (χ0v) is 24.0. The Labute approximate surface area is 245 Å². The second kappa shape index (κ2) is 11.6. The number of hydrogen-bond acceptors (Lipinski definition) is 4. The van der Waals surface area contributed by atoms with Crippen molar-refractivity contribution in [1.82, 2.24) is 14.5 Å². The van der Waals surface area contributed by atoms with E-state index in [9.17, 15) is 9.90 Å². The van der Waals surface area contributed by atoms with Crippen LogP contribution in [0.3, 0.4) is 0 Å². The summed E-state index contributed by atoms with van der Waals surface area (Å²) in [6.07, 6.45) is 4.74. The molecule has 0 saturated carbocycles. The molecular formula is C35H34ClN3O2. The fraction of sp³-hybridized carbons (Fsp3) is 0.257. The first kappa shape index (κ1) is 27.4. The van der Waals surface area contributed by atoms with Crippen LogP contribution in [0.5, 0.6) is 0 Å². The number of piperidine rings is 1. The molecule has 1 saturated heterocycles. The van der Waals surface area contributed by atoms with E-state index in [0.29, 0.717) is 30.0 Å². The van der Waals surface area contributed by atoms with Gasteiger partial charge in [-0.05, 0) is 78.2 Å². The molecule has 0 amide bonds. The van der Waals surface area contributed by atoms with E-state index in [1.807, 2.05) is 78.4 Å². The van der Waals surface area contributed by atoms with Crippen molar-refractivity contribution >= 4 is 22.5 Å². The number of aliphatic hydroxyl groups is 1. The summed E-state index contributed by atoms with van der Waals surface area (Å²) < 4.78 is 1.83. The lowest BCUT2D eigenvalue weighted by Crippen LogP contribution is -2.49. The Hall–Kier alpha value is -3.77. The number of nitrogens with zero attached hydrogens (tertiary/aromatic N) is 3. The Morgan fingerprint density at radius 2 is 1.68 bits per heavy atom. The summed E-state index contributed by atoms with van der Waals surface area (Å²) in [5.74, 6) is -0.490. The first-order chi connectivity index (χ1) is 19.9. The van der Waals surface area contributed by atoms with Crippen LogP contribution in [0.1, 0.15) is 42.4 Å². The quantitative estimate of drug-likeness (QED) is 0.234. The van der Waals surface area contributed by atoms with Crippen LogP contribution < -0.4 is 5.56 Å². The molecule has 0 bridgehead atoms. The fourth-order valence-electron chi connectivity index (χ4n) is 6.31. The van der Waals surface area contributed by atoms with Crippen molar-refractivity contribution in [3.63, 3.8) is 0 Å². The predicted octanol–water partition coefficient (Wildman–Crippen LogP) is 6.90. The summed E-state index contributed by atoms with van der Waals surface area (Å²) in [4.78, 5) is 20.8. The Kier molecular flexibility index (Phi) is 7.76. The molecule has 1 aliphatic rings. The zero-order chi connectivity index (χ0) is 28.4. The fourth-order valence-corrected chi connectivity index (χ4v) is 6.43. The van der Waals surface area contributed by atoms with E-state index in [-0.39, 0.29) is 5.56 Å². The molecule has 0 aliphatic carbocycles. The van der Waals surface area contributed by atoms with Gasteiger partial charge < -0.3 is 9.67 Å². The Balaban J connectivity index is 1.43. The molecule has 0 spiro atoms. The Morgan fingerprint density at radius 3 is 2.37 bits per heavy atom. The van der Waals surface area contributed by atoms with Gasteiger partial charge in [-0.15, -0.1) is 0 Å². The van der Waals surface area contributed by atoms with Crippen molar-refractivity contribution in [2.75, 3.05) is 13.1 Å². The van der Waals surface area contributed by atoms with Gasteiger partial charge in [-0.3, -0.25) is 14.7 Å². The van der Waals surface area contributed by atoms with E-state index in [0.717, 1.165) is 47.2 Å². The molecule has 0 radical (unpaired) electrons. The van der Waals surface area contributed by atoms with Crippen LogP contribution in [0, 0.1) is 0 Å². The molecule has 6 rings (SSSR count). The van der Waals surface area contributed by atoms with E-state index >= 15 is 0 Å². The third-order valence-electron chi connectivity index (χ3n) is 8.46. The Morgan fingerprint density at radius 1 is 0.927 bits per heavy atom. The molecule has 1 fully saturated rings. The molecule has 3 heterocycles. The average molecular weight is 564 g/mol. The topological polar surface area (TPSA) is 58.4 Å². The second-order valence-electron chi connectivity index (χ2n) is 11.0. The van der Waals surface area contributed by atoms with Gasteiger partial charge in [-0.2, -0.15) is 0 Å². The summed E-state index contributed by atoms with van der Waals surface area (Å²) >= 11 is 6.27. The lowest BCUT2D eigenvalue weighted by Gasteiger charge is -2.43. The highest BCUT2D eigenvalue weighted by Gasteiger charge is 2.43. The van der Waals surface area contributed by atoms with E-state index in [4.69, 9.17) is 11.6 Å². The van der Waals surface area contributed by atoms with E-state index in [1.54, 1.807) is 6.20 Å². The van der Waals surface area contributed by atoms with Gasteiger partial charge >= 0.3 is 0 Å². The van der Waals surface area contributed by atoms with E-state index < -0.39 is 11.5 Å². The lowest BCUT2D eigenvalue weighted by atomic mass is 9.72. The van der Waals surface area contributed by atoms with Crippen molar-refractivity contribution in [2.45, 2.75) is 44.4 Å². The predicted molar refractivity (Wildman–Crippen MR) is 166 cm³/mol. The summed E-state index contributed by atoms with van der Waals surface area (Å²) in [5, 5.41) is 14.0.